The van der Waals surface area contributed by atoms with Gasteiger partial charge in [-0.25, -0.2) is 0 Å². The summed E-state index contributed by atoms with van der Waals surface area (Å²) < 4.78 is 11.4. The molecule has 1 aromatic heterocycles. The van der Waals surface area contributed by atoms with Crippen molar-refractivity contribution in [1.82, 2.24) is 4.90 Å². The van der Waals surface area contributed by atoms with Gasteiger partial charge in [0.05, 0.1) is 6.61 Å². The quantitative estimate of drug-likeness (QED) is 0.743. The van der Waals surface area contributed by atoms with Gasteiger partial charge in [-0.05, 0) is 57.7 Å². The number of fused-ring (bicyclic) bond motifs is 1. The lowest BCUT2D eigenvalue weighted by Crippen LogP contribution is -2.54. The van der Waals surface area contributed by atoms with Gasteiger partial charge in [0.1, 0.15) is 11.3 Å². The monoisotopic (exact) mass is 329 g/mol. The van der Waals surface area contributed by atoms with Crippen LogP contribution in [0.25, 0.3) is 11.0 Å². The minimum atomic E-state index is 0.662. The van der Waals surface area contributed by atoms with E-state index in [-0.39, 0.29) is 0 Å². The zero-order valence-corrected chi connectivity index (χ0v) is 15.8. The van der Waals surface area contributed by atoms with Crippen LogP contribution in [0.1, 0.15) is 36.7 Å². The third-order valence-electron chi connectivity index (χ3n) is 5.85. The summed E-state index contributed by atoms with van der Waals surface area (Å²) in [6, 6.07) is 7.14. The van der Waals surface area contributed by atoms with Gasteiger partial charge in [-0.2, -0.15) is 0 Å². The average Bonchev–Trinajstić information content (AvgIpc) is 2.83. The van der Waals surface area contributed by atoms with Gasteiger partial charge in [0.25, 0.3) is 0 Å². The number of rotatable bonds is 7. The SMILES string of the molecule is CCC1C[C@H](COC)C1N(C)CCc1c(C)oc2ccc(C)cc12. The first-order valence-corrected chi connectivity index (χ1v) is 9.23. The van der Waals surface area contributed by atoms with E-state index >= 15 is 0 Å². The molecule has 1 fully saturated rings. The molecular weight excluding hydrogens is 298 g/mol. The minimum Gasteiger partial charge on any atom is -0.461 e. The predicted molar refractivity (Wildman–Crippen MR) is 99.6 cm³/mol. The Morgan fingerprint density at radius 3 is 2.75 bits per heavy atom. The van der Waals surface area contributed by atoms with Crippen LogP contribution in [0.3, 0.4) is 0 Å². The summed E-state index contributed by atoms with van der Waals surface area (Å²) in [6.45, 7) is 8.51. The fourth-order valence-corrected chi connectivity index (χ4v) is 4.50. The zero-order valence-electron chi connectivity index (χ0n) is 15.8. The normalized spacial score (nSPS) is 23.8. The summed E-state index contributed by atoms with van der Waals surface area (Å²) in [5.41, 5.74) is 3.68. The maximum atomic E-state index is 5.95. The van der Waals surface area contributed by atoms with Crippen LogP contribution >= 0.6 is 0 Å². The van der Waals surface area contributed by atoms with E-state index in [1.807, 2.05) is 7.11 Å². The van der Waals surface area contributed by atoms with E-state index in [4.69, 9.17) is 9.15 Å². The van der Waals surface area contributed by atoms with Gasteiger partial charge in [-0.15, -0.1) is 0 Å². The maximum absolute atomic E-state index is 5.95. The van der Waals surface area contributed by atoms with Gasteiger partial charge in [0.2, 0.25) is 0 Å². The molecule has 24 heavy (non-hydrogen) atoms. The second kappa shape index (κ2) is 7.28. The summed E-state index contributed by atoms with van der Waals surface area (Å²) in [5, 5.41) is 1.29. The lowest BCUT2D eigenvalue weighted by molar-refractivity contribution is -0.0284. The van der Waals surface area contributed by atoms with E-state index in [1.54, 1.807) is 0 Å². The predicted octanol–water partition coefficient (Wildman–Crippen LogP) is 4.59. The number of ether oxygens (including phenoxy) is 1. The van der Waals surface area contributed by atoms with Crippen molar-refractivity contribution in [2.45, 2.75) is 46.1 Å². The molecule has 0 bridgehead atoms. The highest BCUT2D eigenvalue weighted by molar-refractivity contribution is 5.83. The molecule has 3 heteroatoms. The molecule has 0 saturated heterocycles. The van der Waals surface area contributed by atoms with E-state index in [2.05, 4.69) is 50.9 Å². The third kappa shape index (κ3) is 3.25. The molecule has 2 aromatic rings. The molecule has 1 aliphatic rings. The Balaban J connectivity index is 1.71. The summed E-state index contributed by atoms with van der Waals surface area (Å²) in [6.07, 6.45) is 3.62. The molecule has 1 aromatic carbocycles. The Labute approximate surface area is 146 Å². The van der Waals surface area contributed by atoms with Crippen LogP contribution in [0, 0.1) is 25.7 Å². The van der Waals surface area contributed by atoms with Gasteiger partial charge in [-0.1, -0.05) is 25.0 Å². The van der Waals surface area contributed by atoms with Gasteiger partial charge in [-0.3, -0.25) is 0 Å². The van der Waals surface area contributed by atoms with Crippen molar-refractivity contribution in [2.75, 3.05) is 27.3 Å². The van der Waals surface area contributed by atoms with Crippen molar-refractivity contribution in [3.05, 3.63) is 35.1 Å². The van der Waals surface area contributed by atoms with Gasteiger partial charge in [0.15, 0.2) is 0 Å². The van der Waals surface area contributed by atoms with Crippen molar-refractivity contribution >= 4 is 11.0 Å². The minimum absolute atomic E-state index is 0.662. The van der Waals surface area contributed by atoms with E-state index in [0.717, 1.165) is 36.8 Å². The van der Waals surface area contributed by atoms with Gasteiger partial charge >= 0.3 is 0 Å². The molecule has 0 spiro atoms. The molecule has 0 radical (unpaired) electrons. The Hall–Kier alpha value is -1.32. The highest BCUT2D eigenvalue weighted by atomic mass is 16.5. The first kappa shape index (κ1) is 17.5. The number of methoxy groups -OCH3 is 1. The standard InChI is InChI=1S/C21H31NO2/c1-6-16-12-17(13-23-5)21(16)22(4)10-9-18-15(3)24-20-8-7-14(2)11-19(18)20/h7-8,11,16-17,21H,6,9-10,12-13H2,1-5H3/t16?,17-,21?/m1/s1. The fourth-order valence-electron chi connectivity index (χ4n) is 4.50. The molecular formula is C21H31NO2. The van der Waals surface area contributed by atoms with E-state index in [1.165, 1.54) is 29.4 Å². The molecule has 132 valence electrons. The highest BCUT2D eigenvalue weighted by Gasteiger charge is 2.41. The molecule has 0 N–H and O–H groups in total. The molecule has 3 rings (SSSR count). The van der Waals surface area contributed by atoms with Crippen molar-refractivity contribution in [3.8, 4) is 0 Å². The molecule has 2 unspecified atom stereocenters. The summed E-state index contributed by atoms with van der Waals surface area (Å²) in [7, 11) is 4.09. The number of aryl methyl sites for hydroxylation is 2. The number of likely N-dealkylation sites (N-methyl/N-ethyl adjacent to an activating group) is 1. The van der Waals surface area contributed by atoms with E-state index < -0.39 is 0 Å². The average molecular weight is 329 g/mol. The van der Waals surface area contributed by atoms with E-state index in [9.17, 15) is 0 Å². The number of hydrogen-bond acceptors (Lipinski definition) is 3. The van der Waals surface area contributed by atoms with E-state index in [0.29, 0.717) is 12.0 Å². The van der Waals surface area contributed by atoms with Crippen LogP contribution in [-0.4, -0.2) is 38.3 Å². The topological polar surface area (TPSA) is 25.6 Å². The molecule has 3 atom stereocenters. The lowest BCUT2D eigenvalue weighted by atomic mass is 9.68. The smallest absolute Gasteiger partial charge is 0.134 e. The second-order valence-corrected chi connectivity index (χ2v) is 7.48. The number of hydrogen-bond donors (Lipinski definition) is 0. The van der Waals surface area contributed by atoms with Gasteiger partial charge < -0.3 is 14.1 Å². The highest BCUT2D eigenvalue weighted by Crippen LogP contribution is 2.40. The third-order valence-corrected chi connectivity index (χ3v) is 5.85. The van der Waals surface area contributed by atoms with Crippen LogP contribution in [0.5, 0.6) is 0 Å². The van der Waals surface area contributed by atoms with Gasteiger partial charge in [0, 0.05) is 30.6 Å². The molecule has 0 aliphatic heterocycles. The molecule has 0 amide bonds. The number of furan rings is 1. The maximum Gasteiger partial charge on any atom is 0.134 e. The van der Waals surface area contributed by atoms with Crippen LogP contribution in [-0.2, 0) is 11.2 Å². The van der Waals surface area contributed by atoms with Crippen molar-refractivity contribution in [1.29, 1.82) is 0 Å². The Morgan fingerprint density at radius 1 is 1.25 bits per heavy atom. The first-order chi connectivity index (χ1) is 11.5. The largest absolute Gasteiger partial charge is 0.461 e. The Kier molecular flexibility index (Phi) is 5.31. The zero-order chi connectivity index (χ0) is 17.3. The molecule has 1 heterocycles. The number of benzene rings is 1. The fraction of sp³-hybridized carbons (Fsp3) is 0.619. The number of nitrogens with zero attached hydrogens (tertiary/aromatic N) is 1. The molecule has 1 aliphatic carbocycles. The molecule has 1 saturated carbocycles. The Bertz CT molecular complexity index is 690. The van der Waals surface area contributed by atoms with Crippen molar-refractivity contribution in [3.63, 3.8) is 0 Å². The van der Waals surface area contributed by atoms with Crippen molar-refractivity contribution < 1.29 is 9.15 Å². The summed E-state index contributed by atoms with van der Waals surface area (Å²) in [4.78, 5) is 2.55. The Morgan fingerprint density at radius 2 is 2.04 bits per heavy atom. The van der Waals surface area contributed by atoms with Crippen LogP contribution < -0.4 is 0 Å². The van der Waals surface area contributed by atoms with Crippen molar-refractivity contribution in [2.24, 2.45) is 11.8 Å². The summed E-state index contributed by atoms with van der Waals surface area (Å²) >= 11 is 0. The first-order valence-electron chi connectivity index (χ1n) is 9.23. The summed E-state index contributed by atoms with van der Waals surface area (Å²) in [5.74, 6) is 2.58. The van der Waals surface area contributed by atoms with Crippen LogP contribution in [0.15, 0.2) is 22.6 Å². The van der Waals surface area contributed by atoms with Crippen LogP contribution in [0.2, 0.25) is 0 Å². The molecule has 3 nitrogen and oxygen atoms in total. The lowest BCUT2D eigenvalue weighted by Gasteiger charge is -2.49. The van der Waals surface area contributed by atoms with Crippen LogP contribution in [0.4, 0.5) is 0 Å². The second-order valence-electron chi connectivity index (χ2n) is 7.48.